The van der Waals surface area contributed by atoms with Crippen LogP contribution in [0.2, 0.25) is 0 Å². The number of alkyl carbamates (subject to hydrolysis) is 1. The van der Waals surface area contributed by atoms with Gasteiger partial charge in [-0.05, 0) is 180 Å². The zero-order chi connectivity index (χ0) is 65.4. The maximum absolute atomic E-state index is 13.8. The second kappa shape index (κ2) is 24.2. The zero-order valence-corrected chi connectivity index (χ0v) is 54.7. The first kappa shape index (κ1) is 60.9. The van der Waals surface area contributed by atoms with Crippen LogP contribution in [0.5, 0.6) is 0 Å². The van der Waals surface area contributed by atoms with Crippen molar-refractivity contribution in [1.29, 1.82) is 0 Å². The van der Waals surface area contributed by atoms with Crippen LogP contribution in [0.4, 0.5) is 16.2 Å². The summed E-state index contributed by atoms with van der Waals surface area (Å²) in [6.45, 7) is 3.53. The third-order valence-corrected chi connectivity index (χ3v) is 23.1. The van der Waals surface area contributed by atoms with Gasteiger partial charge in [0.15, 0.2) is 0 Å². The number of aromatic nitrogens is 5. The molecule has 95 heavy (non-hydrogen) atoms. The number of fused-ring (bicyclic) bond motifs is 7. The van der Waals surface area contributed by atoms with Crippen molar-refractivity contribution in [1.82, 2.24) is 30.2 Å². The number of aryl methyl sites for hydroxylation is 2. The van der Waals surface area contributed by atoms with E-state index in [4.69, 9.17) is 14.7 Å². The number of rotatable bonds is 15. The van der Waals surface area contributed by atoms with E-state index in [0.717, 1.165) is 86.1 Å². The van der Waals surface area contributed by atoms with Crippen molar-refractivity contribution >= 4 is 136 Å². The SMILES string of the molecule is Cc1ccc2nc(-c3ccc4nc(-c5ccc(NC(=O)c6ccc(CNC(=O)OCC7c8ccccc8-c8cc(-c9cc(C(=O)Nc%10ccc(-c%11nc%12ccc(-c%13nc%14ccc(C)c(S(=O)(=O)O)c%14s%13)cc%12s%11)cc%10)ccn9)ccc87)cc6)cc5)sc4c3)sc2c1S(=O)(=O)O. The molecule has 24 heteroatoms. The van der Waals surface area contributed by atoms with Gasteiger partial charge in [0.2, 0.25) is 0 Å². The molecule has 468 valence electrons. The van der Waals surface area contributed by atoms with Gasteiger partial charge < -0.3 is 20.7 Å². The Hall–Kier alpha value is -10.3. The van der Waals surface area contributed by atoms with Crippen LogP contribution in [-0.4, -0.2) is 75.4 Å². The van der Waals surface area contributed by atoms with Gasteiger partial charge in [-0.3, -0.25) is 23.7 Å². The average Bonchev–Trinajstić information content (AvgIpc) is 1.08. The number of benzene rings is 9. The van der Waals surface area contributed by atoms with E-state index in [9.17, 15) is 40.3 Å². The fraction of sp³-hybridized carbons (Fsp3) is 0.0704. The van der Waals surface area contributed by atoms with Gasteiger partial charge in [0, 0.05) is 69.0 Å². The van der Waals surface area contributed by atoms with Gasteiger partial charge in [0.25, 0.3) is 32.1 Å². The molecule has 0 saturated carbocycles. The van der Waals surface area contributed by atoms with Gasteiger partial charge in [-0.2, -0.15) is 16.8 Å². The predicted octanol–water partition coefficient (Wildman–Crippen LogP) is 16.5. The fourth-order valence-corrected chi connectivity index (χ4v) is 18.4. The van der Waals surface area contributed by atoms with Crippen molar-refractivity contribution < 1.29 is 45.1 Å². The lowest BCUT2D eigenvalue weighted by molar-refractivity contribution is 0.101. The molecule has 15 rings (SSSR count). The Morgan fingerprint density at radius 2 is 0.968 bits per heavy atom. The molecular weight excluding hydrogens is 1320 g/mol. The Bertz CT molecular complexity index is 5730. The van der Waals surface area contributed by atoms with Gasteiger partial charge in [0.1, 0.15) is 36.4 Å². The van der Waals surface area contributed by atoms with E-state index < -0.39 is 26.3 Å². The highest BCUT2D eigenvalue weighted by Crippen LogP contribution is 2.47. The summed E-state index contributed by atoms with van der Waals surface area (Å²) in [4.78, 5) is 63.8. The molecule has 0 spiro atoms. The van der Waals surface area contributed by atoms with E-state index in [1.165, 1.54) is 45.3 Å². The highest BCUT2D eigenvalue weighted by molar-refractivity contribution is 7.86. The molecule has 0 bridgehead atoms. The number of pyridine rings is 1. The fourth-order valence-electron chi connectivity index (χ4n) is 11.7. The maximum atomic E-state index is 13.8. The summed E-state index contributed by atoms with van der Waals surface area (Å²) >= 11 is 5.40. The van der Waals surface area contributed by atoms with E-state index in [-0.39, 0.29) is 40.7 Å². The van der Waals surface area contributed by atoms with Crippen molar-refractivity contribution in [3.63, 3.8) is 0 Å². The smallest absolute Gasteiger partial charge is 0.407 e. The molecule has 0 aliphatic heterocycles. The van der Waals surface area contributed by atoms with E-state index in [1.54, 1.807) is 80.7 Å². The molecule has 1 aliphatic carbocycles. The van der Waals surface area contributed by atoms with Crippen molar-refractivity contribution in [2.24, 2.45) is 0 Å². The second-order valence-electron chi connectivity index (χ2n) is 22.6. The standard InChI is InChI=1S/C71H48N8O10S6/c1-37-7-25-56-61(63(37)94(83,84)85)92-69(78-56)45-18-27-54-59(33-45)90-67(76-54)41-13-20-47(21-14-41)74-65(80)40-11-9-39(10-12-40)35-73-71(82)89-36-53-50-6-4-3-5-49(50)52-31-43(17-24-51(52)53)58-32-44(29-30-72-58)66(81)75-48-22-15-42(16-23-48)68-77-55-28-19-46(34-60(55)91-68)70-79-57-26-8-38(2)64(62(57)93-70)95(86,87)88/h3-34,53H,35-36H2,1-2H3,(H,73,82)(H,74,80)(H,75,81)(H,83,84,85)(H,86,87,88). The molecule has 1 atom stereocenters. The highest BCUT2D eigenvalue weighted by atomic mass is 32.2. The molecule has 5 heterocycles. The van der Waals surface area contributed by atoms with Gasteiger partial charge in [-0.15, -0.1) is 45.3 Å². The summed E-state index contributed by atoms with van der Waals surface area (Å²) < 4.78 is 77.2. The molecule has 5 aromatic heterocycles. The molecule has 9 aromatic carbocycles. The predicted molar refractivity (Wildman–Crippen MR) is 374 cm³/mol. The molecule has 1 aliphatic rings. The largest absolute Gasteiger partial charge is 0.449 e. The number of hydrogen-bond acceptors (Lipinski definition) is 17. The Balaban J connectivity index is 0.544. The van der Waals surface area contributed by atoms with Gasteiger partial charge in [-0.25, -0.2) is 24.7 Å². The van der Waals surface area contributed by atoms with E-state index in [2.05, 4.69) is 37.0 Å². The molecule has 18 nitrogen and oxygen atoms in total. The van der Waals surface area contributed by atoms with Crippen molar-refractivity contribution in [3.05, 3.63) is 233 Å². The molecule has 14 aromatic rings. The number of nitrogens with zero attached hydrogens (tertiary/aromatic N) is 5. The molecular formula is C71H48N8O10S6. The summed E-state index contributed by atoms with van der Waals surface area (Å²) in [5, 5.41) is 11.6. The summed E-state index contributed by atoms with van der Waals surface area (Å²) in [7, 11) is -8.90. The number of thiazole rings is 4. The molecule has 3 amide bonds. The van der Waals surface area contributed by atoms with Crippen molar-refractivity contribution in [2.45, 2.75) is 36.1 Å². The van der Waals surface area contributed by atoms with Gasteiger partial charge >= 0.3 is 6.09 Å². The number of ether oxygens (including phenoxy) is 1. The summed E-state index contributed by atoms with van der Waals surface area (Å²) in [6, 6.07) is 57.5. The number of nitrogens with one attached hydrogen (secondary N) is 3. The number of carbonyl (C=O) groups is 3. The lowest BCUT2D eigenvalue weighted by Gasteiger charge is -2.15. The van der Waals surface area contributed by atoms with E-state index >= 15 is 0 Å². The Morgan fingerprint density at radius 3 is 1.53 bits per heavy atom. The first-order valence-electron chi connectivity index (χ1n) is 29.4. The lowest BCUT2D eigenvalue weighted by atomic mass is 9.96. The van der Waals surface area contributed by atoms with Crippen LogP contribution in [0.3, 0.4) is 0 Å². The number of amides is 3. The Morgan fingerprint density at radius 1 is 0.484 bits per heavy atom. The van der Waals surface area contributed by atoms with Crippen LogP contribution in [0.15, 0.2) is 204 Å². The van der Waals surface area contributed by atoms with Crippen LogP contribution in [0.25, 0.3) is 106 Å². The minimum absolute atomic E-state index is 0.0864. The third-order valence-electron chi connectivity index (χ3n) is 16.4. The maximum Gasteiger partial charge on any atom is 0.407 e. The van der Waals surface area contributed by atoms with Crippen LogP contribution >= 0.6 is 45.3 Å². The first-order valence-corrected chi connectivity index (χ1v) is 35.6. The monoisotopic (exact) mass is 1360 g/mol. The molecule has 1 unspecified atom stereocenters. The average molecular weight is 1370 g/mol. The Kier molecular flexibility index (Phi) is 15.5. The lowest BCUT2D eigenvalue weighted by Crippen LogP contribution is -2.25. The summed E-state index contributed by atoms with van der Waals surface area (Å²) in [5.41, 5.74) is 14.9. The topological polar surface area (TPSA) is 270 Å². The van der Waals surface area contributed by atoms with Gasteiger partial charge in [-0.1, -0.05) is 60.7 Å². The third kappa shape index (κ3) is 12.0. The van der Waals surface area contributed by atoms with E-state index in [1.807, 2.05) is 121 Å². The van der Waals surface area contributed by atoms with Crippen LogP contribution in [-0.2, 0) is 31.5 Å². The number of anilines is 2. The minimum Gasteiger partial charge on any atom is -0.449 e. The van der Waals surface area contributed by atoms with Crippen LogP contribution < -0.4 is 16.0 Å². The van der Waals surface area contributed by atoms with Crippen molar-refractivity contribution in [2.75, 3.05) is 17.2 Å². The molecule has 0 saturated heterocycles. The minimum atomic E-state index is -4.45. The first-order chi connectivity index (χ1) is 45.8. The van der Waals surface area contributed by atoms with E-state index in [0.29, 0.717) is 69.8 Å². The number of hydrogen-bond donors (Lipinski definition) is 5. The van der Waals surface area contributed by atoms with Crippen molar-refractivity contribution in [3.8, 4) is 64.7 Å². The van der Waals surface area contributed by atoms with Gasteiger partial charge in [0.05, 0.1) is 46.6 Å². The highest BCUT2D eigenvalue weighted by Gasteiger charge is 2.31. The normalized spacial score (nSPS) is 12.9. The second-order valence-corrected chi connectivity index (χ2v) is 29.4. The molecule has 0 fully saturated rings. The number of carbonyl (C=O) groups excluding carboxylic acids is 3. The summed E-state index contributed by atoms with van der Waals surface area (Å²) in [5.74, 6) is -0.850. The molecule has 0 radical (unpaired) electrons. The van der Waals surface area contributed by atoms with Crippen LogP contribution in [0.1, 0.15) is 54.5 Å². The van der Waals surface area contributed by atoms with Crippen LogP contribution in [0, 0.1) is 13.8 Å². The Labute approximate surface area is 558 Å². The summed E-state index contributed by atoms with van der Waals surface area (Å²) in [6.07, 6.45) is 1.02. The molecule has 5 N–H and O–H groups in total. The quantitative estimate of drug-likeness (QED) is 0.0597. The zero-order valence-electron chi connectivity index (χ0n) is 49.8.